The summed E-state index contributed by atoms with van der Waals surface area (Å²) >= 11 is 0. The molecule has 4 N–H and O–H groups in total. The number of nitrogens with zero attached hydrogens (tertiary/aromatic N) is 1. The highest BCUT2D eigenvalue weighted by molar-refractivity contribution is 5.72. The summed E-state index contributed by atoms with van der Waals surface area (Å²) in [5, 5.41) is 11.5. The summed E-state index contributed by atoms with van der Waals surface area (Å²) in [6.07, 6.45) is -0.243. The van der Waals surface area contributed by atoms with Crippen LogP contribution in [0.1, 0.15) is 19.3 Å². The Morgan fingerprint density at radius 3 is 2.78 bits per heavy atom. The number of piperidine rings is 1. The van der Waals surface area contributed by atoms with E-state index in [1.54, 1.807) is 0 Å². The molecular formula is C11H21F2N3O2. The Morgan fingerprint density at radius 2 is 2.22 bits per heavy atom. The van der Waals surface area contributed by atoms with Gasteiger partial charge in [0, 0.05) is 25.7 Å². The number of hydrogen-bond acceptors (Lipinski definition) is 3. The van der Waals surface area contributed by atoms with Gasteiger partial charge in [-0.05, 0) is 25.2 Å². The Kier molecular flexibility index (Phi) is 6.28. The van der Waals surface area contributed by atoms with Crippen molar-refractivity contribution in [3.63, 3.8) is 0 Å². The average molecular weight is 265 g/mol. The molecule has 5 nitrogen and oxygen atoms in total. The fourth-order valence-corrected chi connectivity index (χ4v) is 2.38. The Morgan fingerprint density at radius 1 is 1.50 bits per heavy atom. The van der Waals surface area contributed by atoms with Gasteiger partial charge in [-0.2, -0.15) is 0 Å². The van der Waals surface area contributed by atoms with E-state index in [1.165, 1.54) is 4.90 Å². The summed E-state index contributed by atoms with van der Waals surface area (Å²) in [5.41, 5.74) is 5.24. The van der Waals surface area contributed by atoms with Crippen LogP contribution in [0.5, 0.6) is 0 Å². The minimum absolute atomic E-state index is 0.0994. The van der Waals surface area contributed by atoms with E-state index < -0.39 is 12.5 Å². The number of halogens is 2. The number of amides is 2. The molecule has 0 radical (unpaired) electrons. The van der Waals surface area contributed by atoms with E-state index in [-0.39, 0.29) is 25.1 Å². The second kappa shape index (κ2) is 7.48. The van der Waals surface area contributed by atoms with Crippen molar-refractivity contribution >= 4 is 6.03 Å². The minimum Gasteiger partial charge on any atom is -0.396 e. The Bertz CT molecular complexity index is 267. The van der Waals surface area contributed by atoms with Crippen molar-refractivity contribution in [3.05, 3.63) is 0 Å². The molecule has 0 aromatic carbocycles. The van der Waals surface area contributed by atoms with Crippen molar-refractivity contribution in [2.75, 3.05) is 26.2 Å². The van der Waals surface area contributed by atoms with Crippen molar-refractivity contribution in [1.29, 1.82) is 0 Å². The van der Waals surface area contributed by atoms with Gasteiger partial charge < -0.3 is 21.1 Å². The highest BCUT2D eigenvalue weighted by Crippen LogP contribution is 2.21. The van der Waals surface area contributed by atoms with Gasteiger partial charge in [0.25, 0.3) is 6.43 Å². The van der Waals surface area contributed by atoms with Crippen molar-refractivity contribution in [2.24, 2.45) is 11.7 Å². The van der Waals surface area contributed by atoms with Crippen molar-refractivity contribution in [3.8, 4) is 0 Å². The maximum atomic E-state index is 12.1. The highest BCUT2D eigenvalue weighted by atomic mass is 19.3. The lowest BCUT2D eigenvalue weighted by Crippen LogP contribution is -2.53. The molecule has 18 heavy (non-hydrogen) atoms. The zero-order chi connectivity index (χ0) is 13.5. The number of carbonyl (C=O) groups is 1. The molecule has 1 saturated heterocycles. The third kappa shape index (κ3) is 5.14. The van der Waals surface area contributed by atoms with E-state index in [9.17, 15) is 13.6 Å². The second-order valence-electron chi connectivity index (χ2n) is 4.71. The Labute approximate surface area is 105 Å². The lowest BCUT2D eigenvalue weighted by molar-refractivity contribution is 0.115. The molecule has 1 rings (SSSR count). The van der Waals surface area contributed by atoms with Crippen LogP contribution in [0.15, 0.2) is 0 Å². The first-order valence-electron chi connectivity index (χ1n) is 6.19. The van der Waals surface area contributed by atoms with Gasteiger partial charge in [0.05, 0.1) is 6.54 Å². The predicted molar refractivity (Wildman–Crippen MR) is 63.4 cm³/mol. The zero-order valence-corrected chi connectivity index (χ0v) is 10.3. The molecule has 7 heteroatoms. The average Bonchev–Trinajstić information content (AvgIpc) is 2.33. The molecule has 1 aliphatic heterocycles. The molecule has 0 aromatic rings. The number of nitrogens with one attached hydrogen (secondary N) is 1. The first kappa shape index (κ1) is 15.1. The number of likely N-dealkylation sites (tertiary alicyclic amines) is 1. The van der Waals surface area contributed by atoms with Gasteiger partial charge in [0.1, 0.15) is 0 Å². The third-order valence-electron chi connectivity index (χ3n) is 3.18. The minimum atomic E-state index is -2.40. The quantitative estimate of drug-likeness (QED) is 0.650. The number of urea groups is 1. The van der Waals surface area contributed by atoms with E-state index in [2.05, 4.69) is 5.32 Å². The van der Waals surface area contributed by atoms with E-state index in [1.807, 2.05) is 0 Å². The first-order chi connectivity index (χ1) is 8.52. The third-order valence-corrected chi connectivity index (χ3v) is 3.18. The van der Waals surface area contributed by atoms with Gasteiger partial charge in [-0.15, -0.1) is 0 Å². The van der Waals surface area contributed by atoms with E-state index in [0.717, 1.165) is 12.8 Å². The lowest BCUT2D eigenvalue weighted by Gasteiger charge is -2.37. The fourth-order valence-electron chi connectivity index (χ4n) is 2.38. The normalized spacial score (nSPS) is 24.6. The standard InChI is InChI=1S/C11H21F2N3O2/c12-10(13)5-15-9-4-8(2-1-3-17)6-16(7-9)11(14)18/h8-10,15,17H,1-7H2,(H2,14,18). The molecule has 0 aliphatic carbocycles. The molecule has 106 valence electrons. The number of nitrogens with two attached hydrogens (primary N) is 1. The number of hydrogen-bond donors (Lipinski definition) is 3. The molecule has 2 unspecified atom stereocenters. The van der Waals surface area contributed by atoms with Crippen LogP contribution >= 0.6 is 0 Å². The van der Waals surface area contributed by atoms with Crippen LogP contribution in [-0.2, 0) is 0 Å². The van der Waals surface area contributed by atoms with Gasteiger partial charge in [-0.1, -0.05) is 0 Å². The largest absolute Gasteiger partial charge is 0.396 e. The lowest BCUT2D eigenvalue weighted by atomic mass is 9.90. The summed E-state index contributed by atoms with van der Waals surface area (Å²) in [6, 6.07) is -0.670. The van der Waals surface area contributed by atoms with Crippen LogP contribution in [-0.4, -0.2) is 54.7 Å². The van der Waals surface area contributed by atoms with Crippen LogP contribution in [0.4, 0.5) is 13.6 Å². The molecule has 0 spiro atoms. The summed E-state index contributed by atoms with van der Waals surface area (Å²) < 4.78 is 24.3. The van der Waals surface area contributed by atoms with Gasteiger partial charge >= 0.3 is 6.03 Å². The van der Waals surface area contributed by atoms with Crippen molar-refractivity contribution in [1.82, 2.24) is 10.2 Å². The fraction of sp³-hybridized carbons (Fsp3) is 0.909. The van der Waals surface area contributed by atoms with Crippen molar-refractivity contribution < 1.29 is 18.7 Å². The van der Waals surface area contributed by atoms with Crippen LogP contribution in [0.25, 0.3) is 0 Å². The summed E-state index contributed by atoms with van der Waals surface area (Å²) in [6.45, 7) is 0.645. The summed E-state index contributed by atoms with van der Waals surface area (Å²) in [4.78, 5) is 12.7. The van der Waals surface area contributed by atoms with Crippen LogP contribution in [0, 0.1) is 5.92 Å². The molecule has 0 saturated carbocycles. The monoisotopic (exact) mass is 265 g/mol. The number of aliphatic hydroxyl groups excluding tert-OH is 1. The molecule has 2 atom stereocenters. The van der Waals surface area contributed by atoms with E-state index >= 15 is 0 Å². The molecule has 1 aliphatic rings. The van der Waals surface area contributed by atoms with Gasteiger partial charge in [-0.25, -0.2) is 13.6 Å². The first-order valence-corrected chi connectivity index (χ1v) is 6.19. The van der Waals surface area contributed by atoms with Gasteiger partial charge in [-0.3, -0.25) is 0 Å². The highest BCUT2D eigenvalue weighted by Gasteiger charge is 2.28. The second-order valence-corrected chi connectivity index (χ2v) is 4.71. The van der Waals surface area contributed by atoms with E-state index in [0.29, 0.717) is 19.5 Å². The summed E-state index contributed by atoms with van der Waals surface area (Å²) in [7, 11) is 0. The molecule has 0 aromatic heterocycles. The molecular weight excluding hydrogens is 244 g/mol. The topological polar surface area (TPSA) is 78.6 Å². The molecule has 2 amide bonds. The maximum absolute atomic E-state index is 12.1. The molecule has 0 bridgehead atoms. The maximum Gasteiger partial charge on any atom is 0.314 e. The number of primary amides is 1. The van der Waals surface area contributed by atoms with Crippen molar-refractivity contribution in [2.45, 2.75) is 31.7 Å². The van der Waals surface area contributed by atoms with Gasteiger partial charge in [0.2, 0.25) is 0 Å². The SMILES string of the molecule is NC(=O)N1CC(CCCO)CC(NCC(F)F)C1. The summed E-state index contributed by atoms with van der Waals surface area (Å²) in [5.74, 6) is 0.202. The molecule has 1 heterocycles. The number of alkyl halides is 2. The Hall–Kier alpha value is -0.950. The zero-order valence-electron chi connectivity index (χ0n) is 10.3. The Balaban J connectivity index is 2.48. The predicted octanol–water partition coefficient (Wildman–Crippen LogP) is 0.383. The number of aliphatic hydroxyl groups is 1. The molecule has 1 fully saturated rings. The van der Waals surface area contributed by atoms with Crippen LogP contribution in [0.2, 0.25) is 0 Å². The van der Waals surface area contributed by atoms with E-state index in [4.69, 9.17) is 10.8 Å². The number of rotatable bonds is 6. The van der Waals surface area contributed by atoms with Crippen LogP contribution < -0.4 is 11.1 Å². The number of carbonyl (C=O) groups excluding carboxylic acids is 1. The smallest absolute Gasteiger partial charge is 0.314 e. The van der Waals surface area contributed by atoms with Crippen LogP contribution in [0.3, 0.4) is 0 Å². The van der Waals surface area contributed by atoms with Gasteiger partial charge in [0.15, 0.2) is 0 Å².